The molecule has 3 rings (SSSR count). The molecule has 1 heterocycles. The van der Waals surface area contributed by atoms with Crippen molar-refractivity contribution in [2.24, 2.45) is 0 Å². The van der Waals surface area contributed by atoms with Crippen LogP contribution in [0.3, 0.4) is 0 Å². The van der Waals surface area contributed by atoms with E-state index in [0.717, 1.165) is 26.7 Å². The highest BCUT2D eigenvalue weighted by Gasteiger charge is 2.02. The molecule has 4 heteroatoms. The number of thioether (sulfide) groups is 1. The lowest BCUT2D eigenvalue weighted by molar-refractivity contribution is 0.405. The number of hydrogen-bond acceptors (Lipinski definition) is 4. The van der Waals surface area contributed by atoms with Gasteiger partial charge in [0.1, 0.15) is 10.8 Å². The fraction of sp³-hybridized carbons (Fsp3) is 0.118. The molecule has 0 saturated heterocycles. The Morgan fingerprint density at radius 3 is 2.76 bits per heavy atom. The lowest BCUT2D eigenvalue weighted by atomic mass is 10.2. The minimum Gasteiger partial charge on any atom is -0.496 e. The third kappa shape index (κ3) is 3.12. The van der Waals surface area contributed by atoms with Crippen LogP contribution in [0.2, 0.25) is 0 Å². The van der Waals surface area contributed by atoms with Crippen LogP contribution in [-0.4, -0.2) is 18.3 Å². The summed E-state index contributed by atoms with van der Waals surface area (Å²) in [6.07, 6.45) is 6.18. The highest BCUT2D eigenvalue weighted by molar-refractivity contribution is 7.98. The van der Waals surface area contributed by atoms with E-state index in [1.165, 1.54) is 4.70 Å². The van der Waals surface area contributed by atoms with Crippen molar-refractivity contribution in [3.8, 4) is 5.75 Å². The maximum atomic E-state index is 5.41. The molecule has 0 aliphatic heterocycles. The molecule has 0 aliphatic rings. The summed E-state index contributed by atoms with van der Waals surface area (Å²) in [4.78, 5) is 5.75. The Balaban J connectivity index is 1.88. The van der Waals surface area contributed by atoms with Crippen molar-refractivity contribution >= 4 is 45.5 Å². The van der Waals surface area contributed by atoms with Gasteiger partial charge in [0, 0.05) is 4.90 Å². The van der Waals surface area contributed by atoms with Crippen LogP contribution < -0.4 is 4.74 Å². The number of hydrogen-bond donors (Lipinski definition) is 0. The number of rotatable bonds is 4. The summed E-state index contributed by atoms with van der Waals surface area (Å²) in [6.45, 7) is 0. The second-order valence-electron chi connectivity index (χ2n) is 4.47. The molecule has 0 bridgehead atoms. The molecule has 0 unspecified atom stereocenters. The number of aromatic nitrogens is 1. The highest BCUT2D eigenvalue weighted by atomic mass is 32.2. The van der Waals surface area contributed by atoms with Crippen molar-refractivity contribution in [2.45, 2.75) is 4.90 Å². The molecule has 0 atom stereocenters. The third-order valence-corrected chi connectivity index (χ3v) is 4.92. The number of fused-ring (bicyclic) bond motifs is 1. The summed E-state index contributed by atoms with van der Waals surface area (Å²) in [5.74, 6) is 0.911. The maximum Gasteiger partial charge on any atom is 0.132 e. The van der Waals surface area contributed by atoms with Gasteiger partial charge in [-0.3, -0.25) is 0 Å². The summed E-state index contributed by atoms with van der Waals surface area (Å²) in [5.41, 5.74) is 2.17. The Kier molecular flexibility index (Phi) is 4.27. The van der Waals surface area contributed by atoms with E-state index in [-0.39, 0.29) is 0 Å². The van der Waals surface area contributed by atoms with E-state index in [4.69, 9.17) is 4.74 Å². The van der Waals surface area contributed by atoms with Crippen molar-refractivity contribution in [1.29, 1.82) is 0 Å². The first-order valence-corrected chi connectivity index (χ1v) is 8.60. The third-order valence-electron chi connectivity index (χ3n) is 3.14. The van der Waals surface area contributed by atoms with Crippen LogP contribution in [-0.2, 0) is 0 Å². The van der Waals surface area contributed by atoms with Gasteiger partial charge in [-0.15, -0.1) is 23.1 Å². The molecule has 0 fully saturated rings. The summed E-state index contributed by atoms with van der Waals surface area (Å²) >= 11 is 3.39. The van der Waals surface area contributed by atoms with Crippen LogP contribution in [0.25, 0.3) is 22.4 Å². The van der Waals surface area contributed by atoms with Gasteiger partial charge in [-0.1, -0.05) is 24.3 Å². The molecule has 0 aliphatic carbocycles. The van der Waals surface area contributed by atoms with E-state index in [9.17, 15) is 0 Å². The lowest BCUT2D eigenvalue weighted by Gasteiger charge is -2.06. The first-order valence-electron chi connectivity index (χ1n) is 6.56. The fourth-order valence-corrected chi connectivity index (χ4v) is 3.50. The molecule has 21 heavy (non-hydrogen) atoms. The van der Waals surface area contributed by atoms with Gasteiger partial charge in [0.05, 0.1) is 17.3 Å². The zero-order chi connectivity index (χ0) is 14.7. The molecule has 0 amide bonds. The largest absolute Gasteiger partial charge is 0.496 e. The average Bonchev–Trinajstić information content (AvgIpc) is 2.95. The van der Waals surface area contributed by atoms with E-state index in [1.807, 2.05) is 18.2 Å². The monoisotopic (exact) mass is 313 g/mol. The van der Waals surface area contributed by atoms with Crippen LogP contribution >= 0.6 is 23.1 Å². The summed E-state index contributed by atoms with van der Waals surface area (Å²) in [6, 6.07) is 14.4. The van der Waals surface area contributed by atoms with Crippen LogP contribution in [0.5, 0.6) is 5.75 Å². The second-order valence-corrected chi connectivity index (χ2v) is 6.38. The highest BCUT2D eigenvalue weighted by Crippen LogP contribution is 2.29. The number of methoxy groups -OCH3 is 1. The van der Waals surface area contributed by atoms with Crippen molar-refractivity contribution in [1.82, 2.24) is 4.98 Å². The van der Waals surface area contributed by atoms with Crippen molar-refractivity contribution in [2.75, 3.05) is 13.4 Å². The zero-order valence-electron chi connectivity index (χ0n) is 11.9. The molecule has 106 valence electrons. The Morgan fingerprint density at radius 2 is 2.00 bits per heavy atom. The predicted molar refractivity (Wildman–Crippen MR) is 93.3 cm³/mol. The number of nitrogens with zero attached hydrogens (tertiary/aromatic N) is 1. The van der Waals surface area contributed by atoms with Crippen molar-refractivity contribution in [3.63, 3.8) is 0 Å². The van der Waals surface area contributed by atoms with Gasteiger partial charge in [-0.25, -0.2) is 4.98 Å². The second kappa shape index (κ2) is 6.33. The Morgan fingerprint density at radius 1 is 1.14 bits per heavy atom. The SMILES string of the molecule is COc1cc(C=Cc2nc3ccccc3s2)ccc1SC. The molecule has 0 spiro atoms. The minimum atomic E-state index is 0.911. The first-order chi connectivity index (χ1) is 10.3. The number of para-hydroxylation sites is 1. The van der Waals surface area contributed by atoms with E-state index >= 15 is 0 Å². The molecule has 3 aromatic rings. The molecule has 0 N–H and O–H groups in total. The average molecular weight is 313 g/mol. The predicted octanol–water partition coefficient (Wildman–Crippen LogP) is 5.20. The van der Waals surface area contributed by atoms with Crippen molar-refractivity contribution < 1.29 is 4.74 Å². The Labute approximate surface area is 132 Å². The smallest absolute Gasteiger partial charge is 0.132 e. The quantitative estimate of drug-likeness (QED) is 0.618. The van der Waals surface area contributed by atoms with E-state index in [1.54, 1.807) is 30.2 Å². The standard InChI is InChI=1S/C17H15NOS2/c1-19-14-11-12(7-9-16(14)20-2)8-10-17-18-13-5-3-4-6-15(13)21-17/h3-11H,1-2H3. The van der Waals surface area contributed by atoms with Gasteiger partial charge in [-0.2, -0.15) is 0 Å². The number of thiazole rings is 1. The molecule has 2 nitrogen and oxygen atoms in total. The topological polar surface area (TPSA) is 22.1 Å². The Bertz CT molecular complexity index is 759. The number of benzene rings is 2. The molecule has 2 aromatic carbocycles. The van der Waals surface area contributed by atoms with Crippen LogP contribution in [0, 0.1) is 0 Å². The van der Waals surface area contributed by atoms with Crippen LogP contribution in [0.4, 0.5) is 0 Å². The summed E-state index contributed by atoms with van der Waals surface area (Å²) in [5, 5.41) is 1.02. The van der Waals surface area contributed by atoms with Crippen molar-refractivity contribution in [3.05, 3.63) is 53.0 Å². The van der Waals surface area contributed by atoms with Gasteiger partial charge in [0.2, 0.25) is 0 Å². The first kappa shape index (κ1) is 14.2. The van der Waals surface area contributed by atoms with Gasteiger partial charge >= 0.3 is 0 Å². The molecular formula is C17H15NOS2. The Hall–Kier alpha value is -1.78. The zero-order valence-corrected chi connectivity index (χ0v) is 13.5. The lowest BCUT2D eigenvalue weighted by Crippen LogP contribution is -1.86. The van der Waals surface area contributed by atoms with Crippen LogP contribution in [0.15, 0.2) is 47.4 Å². The minimum absolute atomic E-state index is 0.911. The number of ether oxygens (including phenoxy) is 1. The maximum absolute atomic E-state index is 5.41. The van der Waals surface area contributed by atoms with Gasteiger partial charge in [-0.05, 0) is 42.2 Å². The normalized spacial score (nSPS) is 11.3. The van der Waals surface area contributed by atoms with E-state index in [2.05, 4.69) is 47.7 Å². The van der Waals surface area contributed by atoms with Crippen LogP contribution in [0.1, 0.15) is 10.6 Å². The van der Waals surface area contributed by atoms with E-state index < -0.39 is 0 Å². The van der Waals surface area contributed by atoms with Gasteiger partial charge in [0.15, 0.2) is 0 Å². The molecule has 0 saturated carbocycles. The fourth-order valence-electron chi connectivity index (χ4n) is 2.09. The summed E-state index contributed by atoms with van der Waals surface area (Å²) in [7, 11) is 1.70. The van der Waals surface area contributed by atoms with Gasteiger partial charge in [0.25, 0.3) is 0 Å². The van der Waals surface area contributed by atoms with Gasteiger partial charge < -0.3 is 4.74 Å². The molecule has 1 aromatic heterocycles. The van der Waals surface area contributed by atoms with E-state index in [0.29, 0.717) is 0 Å². The summed E-state index contributed by atoms with van der Waals surface area (Å²) < 4.78 is 6.62. The molecule has 0 radical (unpaired) electrons. The molecular weight excluding hydrogens is 298 g/mol.